The first kappa shape index (κ1) is 34.7. The molecule has 2 atom stereocenters. The summed E-state index contributed by atoms with van der Waals surface area (Å²) in [5.74, 6) is -1.94. The lowest BCUT2D eigenvalue weighted by atomic mass is 10.0. The van der Waals surface area contributed by atoms with E-state index in [-0.39, 0.29) is 24.9 Å². The summed E-state index contributed by atoms with van der Waals surface area (Å²) in [6.45, 7) is 8.03. The van der Waals surface area contributed by atoms with Crippen molar-refractivity contribution < 1.29 is 33.0 Å². The first-order valence-electron chi connectivity index (χ1n) is 14.3. The molecule has 1 aromatic heterocycles. The molecular weight excluding hydrogens is 583 g/mol. The van der Waals surface area contributed by atoms with Crippen molar-refractivity contribution in [3.05, 3.63) is 84.1 Å². The minimum Gasteiger partial charge on any atom is -0.444 e. The highest BCUT2D eigenvalue weighted by Gasteiger charge is 2.35. The van der Waals surface area contributed by atoms with Crippen LogP contribution in [0.25, 0.3) is 0 Å². The highest BCUT2D eigenvalue weighted by atomic mass is 19.1. The molecule has 13 heteroatoms. The van der Waals surface area contributed by atoms with Gasteiger partial charge >= 0.3 is 6.09 Å². The molecule has 45 heavy (non-hydrogen) atoms. The second-order valence-corrected chi connectivity index (χ2v) is 12.2. The van der Waals surface area contributed by atoms with Gasteiger partial charge < -0.3 is 34.9 Å². The number of anilines is 1. The van der Waals surface area contributed by atoms with Crippen molar-refractivity contribution in [2.24, 2.45) is 0 Å². The van der Waals surface area contributed by atoms with Crippen LogP contribution in [0.1, 0.15) is 51.8 Å². The van der Waals surface area contributed by atoms with Crippen LogP contribution in [0.3, 0.4) is 0 Å². The zero-order chi connectivity index (χ0) is 33.4. The maximum Gasteiger partial charge on any atom is 0.408 e. The predicted molar refractivity (Wildman–Crippen MR) is 166 cm³/mol. The SMILES string of the molecule is CN(C)C(=O)C(c1ccc(F)cc1)n1cnc(NC(=O)C(COCc2ccccc2)NC(=O)C(C)(C)NC(=O)OC(C)(C)C)c1. The number of nitrogens with zero attached hydrogens (tertiary/aromatic N) is 3. The second-order valence-electron chi connectivity index (χ2n) is 12.2. The molecule has 3 rings (SSSR count). The van der Waals surface area contributed by atoms with Crippen molar-refractivity contribution in [1.29, 1.82) is 0 Å². The van der Waals surface area contributed by atoms with Gasteiger partial charge in [0.2, 0.25) is 11.8 Å². The summed E-state index contributed by atoms with van der Waals surface area (Å²) in [4.78, 5) is 57.8. The summed E-state index contributed by atoms with van der Waals surface area (Å²) < 4.78 is 26.1. The van der Waals surface area contributed by atoms with Crippen LogP contribution in [-0.4, -0.2) is 76.1 Å². The van der Waals surface area contributed by atoms with Gasteiger partial charge in [-0.05, 0) is 57.9 Å². The Morgan fingerprint density at radius 3 is 2.22 bits per heavy atom. The number of hydrogen-bond acceptors (Lipinski definition) is 7. The molecule has 3 aromatic rings. The van der Waals surface area contributed by atoms with Crippen LogP contribution < -0.4 is 16.0 Å². The highest BCUT2D eigenvalue weighted by Crippen LogP contribution is 2.22. The zero-order valence-corrected chi connectivity index (χ0v) is 26.6. The van der Waals surface area contributed by atoms with Crippen molar-refractivity contribution in [2.45, 2.75) is 64.4 Å². The maximum absolute atomic E-state index is 13.6. The fourth-order valence-electron chi connectivity index (χ4n) is 4.09. The van der Waals surface area contributed by atoms with Crippen LogP contribution in [0.2, 0.25) is 0 Å². The van der Waals surface area contributed by atoms with Crippen molar-refractivity contribution in [3.63, 3.8) is 0 Å². The van der Waals surface area contributed by atoms with Gasteiger partial charge in [-0.3, -0.25) is 14.4 Å². The first-order valence-corrected chi connectivity index (χ1v) is 14.3. The van der Waals surface area contributed by atoms with E-state index in [1.54, 1.807) is 34.9 Å². The normalized spacial score (nSPS) is 12.9. The number of nitrogens with one attached hydrogen (secondary N) is 3. The largest absolute Gasteiger partial charge is 0.444 e. The van der Waals surface area contributed by atoms with E-state index in [1.807, 2.05) is 30.3 Å². The lowest BCUT2D eigenvalue weighted by Gasteiger charge is -2.29. The van der Waals surface area contributed by atoms with Crippen LogP contribution in [0.5, 0.6) is 0 Å². The van der Waals surface area contributed by atoms with Crippen molar-refractivity contribution in [3.8, 4) is 0 Å². The average Bonchev–Trinajstić information content (AvgIpc) is 3.40. The number of halogens is 1. The van der Waals surface area contributed by atoms with Crippen LogP contribution in [0.15, 0.2) is 67.1 Å². The van der Waals surface area contributed by atoms with E-state index in [0.717, 1.165) is 5.56 Å². The number of rotatable bonds is 12. The summed E-state index contributed by atoms with van der Waals surface area (Å²) in [6.07, 6.45) is 2.04. The number of hydrogen-bond donors (Lipinski definition) is 3. The smallest absolute Gasteiger partial charge is 0.408 e. The van der Waals surface area contributed by atoms with Gasteiger partial charge in [-0.15, -0.1) is 0 Å². The van der Waals surface area contributed by atoms with E-state index in [2.05, 4.69) is 20.9 Å². The summed E-state index contributed by atoms with van der Waals surface area (Å²) in [7, 11) is 3.20. The Bertz CT molecular complexity index is 1470. The summed E-state index contributed by atoms with van der Waals surface area (Å²) in [5.41, 5.74) is -0.840. The Hall–Kier alpha value is -4.78. The number of likely N-dealkylation sites (N-methyl/N-ethyl adjacent to an activating group) is 1. The lowest BCUT2D eigenvalue weighted by molar-refractivity contribution is -0.131. The quantitative estimate of drug-likeness (QED) is 0.279. The molecule has 0 spiro atoms. The lowest BCUT2D eigenvalue weighted by Crippen LogP contribution is -2.59. The first-order chi connectivity index (χ1) is 21.1. The summed E-state index contributed by atoms with van der Waals surface area (Å²) in [5, 5.41) is 7.83. The third-order valence-electron chi connectivity index (χ3n) is 6.41. The molecule has 1 heterocycles. The van der Waals surface area contributed by atoms with Crippen molar-refractivity contribution >= 4 is 29.6 Å². The Balaban J connectivity index is 1.79. The predicted octanol–water partition coefficient (Wildman–Crippen LogP) is 3.64. The number of carbonyl (C=O) groups is 4. The monoisotopic (exact) mass is 624 g/mol. The van der Waals surface area contributed by atoms with Gasteiger partial charge in [0.05, 0.1) is 19.5 Å². The Morgan fingerprint density at radius 1 is 0.978 bits per heavy atom. The third-order valence-corrected chi connectivity index (χ3v) is 6.41. The van der Waals surface area contributed by atoms with E-state index in [4.69, 9.17) is 9.47 Å². The van der Waals surface area contributed by atoms with Crippen LogP contribution >= 0.6 is 0 Å². The van der Waals surface area contributed by atoms with Crippen LogP contribution in [0.4, 0.5) is 15.0 Å². The van der Waals surface area contributed by atoms with E-state index >= 15 is 0 Å². The van der Waals surface area contributed by atoms with E-state index in [0.29, 0.717) is 5.56 Å². The van der Waals surface area contributed by atoms with Gasteiger partial charge in [0.25, 0.3) is 5.91 Å². The number of benzene rings is 2. The molecule has 0 fully saturated rings. The number of carbonyl (C=O) groups excluding carboxylic acids is 4. The average molecular weight is 625 g/mol. The molecule has 0 radical (unpaired) electrons. The van der Waals surface area contributed by atoms with Gasteiger partial charge in [-0.1, -0.05) is 42.5 Å². The van der Waals surface area contributed by atoms with Crippen LogP contribution in [0, 0.1) is 5.82 Å². The Kier molecular flexibility index (Phi) is 11.4. The van der Waals surface area contributed by atoms with Gasteiger partial charge in [-0.2, -0.15) is 0 Å². The Morgan fingerprint density at radius 2 is 1.62 bits per heavy atom. The number of amides is 4. The summed E-state index contributed by atoms with van der Waals surface area (Å²) in [6, 6.07) is 12.8. The molecule has 0 aliphatic carbocycles. The molecule has 2 aromatic carbocycles. The standard InChI is InChI=1S/C32H41FN6O6/c1-31(2,3)45-30(43)37-32(4,5)29(42)35-24(19-44-18-21-11-9-8-10-12-21)27(40)36-25-17-39(20-34-25)26(28(41)38(6)7)22-13-15-23(33)16-14-22/h8-17,20,24,26H,18-19H2,1-7H3,(H,35,42)(H,36,40)(H,37,43). The molecule has 242 valence electrons. The molecule has 0 saturated heterocycles. The van der Waals surface area contributed by atoms with Crippen molar-refractivity contribution in [1.82, 2.24) is 25.1 Å². The van der Waals surface area contributed by atoms with Gasteiger partial charge in [0, 0.05) is 20.3 Å². The van der Waals surface area contributed by atoms with Crippen LogP contribution in [-0.2, 0) is 30.5 Å². The molecule has 3 N–H and O–H groups in total. The van der Waals surface area contributed by atoms with Gasteiger partial charge in [0.1, 0.15) is 29.0 Å². The van der Waals surface area contributed by atoms with E-state index < -0.39 is 46.9 Å². The van der Waals surface area contributed by atoms with Crippen molar-refractivity contribution in [2.75, 3.05) is 26.0 Å². The highest BCUT2D eigenvalue weighted by molar-refractivity contribution is 5.98. The minimum absolute atomic E-state index is 0.104. The fourth-order valence-corrected chi connectivity index (χ4v) is 4.09. The molecule has 2 unspecified atom stereocenters. The number of imidazole rings is 1. The molecule has 0 saturated carbocycles. The number of alkyl carbamates (subject to hydrolysis) is 1. The summed E-state index contributed by atoms with van der Waals surface area (Å²) >= 11 is 0. The minimum atomic E-state index is -1.45. The van der Waals surface area contributed by atoms with Gasteiger partial charge in [0.15, 0.2) is 5.82 Å². The Labute approximate surface area is 262 Å². The molecule has 12 nitrogen and oxygen atoms in total. The molecule has 4 amide bonds. The molecule has 0 bridgehead atoms. The topological polar surface area (TPSA) is 144 Å². The molecule has 0 aliphatic rings. The van der Waals surface area contributed by atoms with E-state index in [1.165, 1.54) is 60.1 Å². The third kappa shape index (κ3) is 10.4. The fraction of sp³-hybridized carbons (Fsp3) is 0.406. The van der Waals surface area contributed by atoms with Gasteiger partial charge in [-0.25, -0.2) is 14.2 Å². The number of aromatic nitrogens is 2. The molecule has 0 aliphatic heterocycles. The molecular formula is C32H41FN6O6. The maximum atomic E-state index is 13.6. The second kappa shape index (κ2) is 14.8. The zero-order valence-electron chi connectivity index (χ0n) is 26.6. The van der Waals surface area contributed by atoms with E-state index in [9.17, 15) is 23.6 Å². The number of ether oxygens (including phenoxy) is 2.